The predicted molar refractivity (Wildman–Crippen MR) is 111 cm³/mol. The Morgan fingerprint density at radius 2 is 1.77 bits per heavy atom. The smallest absolute Gasteiger partial charge is 0.302 e. The van der Waals surface area contributed by atoms with Gasteiger partial charge < -0.3 is 19.7 Å². The van der Waals surface area contributed by atoms with Crippen molar-refractivity contribution in [2.75, 3.05) is 6.61 Å². The van der Waals surface area contributed by atoms with Crippen molar-refractivity contribution in [2.45, 2.75) is 78.1 Å². The van der Waals surface area contributed by atoms with E-state index in [2.05, 4.69) is 20.4 Å². The summed E-state index contributed by atoms with van der Waals surface area (Å²) < 4.78 is 11.2. The van der Waals surface area contributed by atoms with E-state index in [1.807, 2.05) is 0 Å². The highest BCUT2D eigenvalue weighted by Gasteiger charge is 2.76. The minimum atomic E-state index is -1.28. The van der Waals surface area contributed by atoms with Gasteiger partial charge in [0.05, 0.1) is 18.8 Å². The lowest BCUT2D eigenvalue weighted by Crippen LogP contribution is -2.69. The van der Waals surface area contributed by atoms with Crippen molar-refractivity contribution < 1.29 is 34.1 Å². The van der Waals surface area contributed by atoms with Crippen molar-refractivity contribution in [1.29, 1.82) is 0 Å². The Morgan fingerprint density at radius 1 is 1.10 bits per heavy atom. The van der Waals surface area contributed by atoms with E-state index in [0.717, 1.165) is 19.3 Å². The van der Waals surface area contributed by atoms with Crippen molar-refractivity contribution in [1.82, 2.24) is 0 Å². The summed E-state index contributed by atoms with van der Waals surface area (Å²) in [4.78, 5) is 37.3. The molecule has 9 atom stereocenters. The Morgan fingerprint density at radius 3 is 2.39 bits per heavy atom. The molecule has 0 amide bonds. The van der Waals surface area contributed by atoms with E-state index in [-0.39, 0.29) is 41.2 Å². The van der Waals surface area contributed by atoms with E-state index < -0.39 is 41.0 Å². The lowest BCUT2D eigenvalue weighted by molar-refractivity contribution is -0.248. The molecule has 1 unspecified atom stereocenters. The number of rotatable bonds is 3. The molecule has 0 aromatic heterocycles. The second-order valence-electron chi connectivity index (χ2n) is 10.8. The first-order chi connectivity index (χ1) is 14.4. The van der Waals surface area contributed by atoms with Gasteiger partial charge in [0, 0.05) is 25.2 Å². The predicted octanol–water partition coefficient (Wildman–Crippen LogP) is 2.18. The van der Waals surface area contributed by atoms with Gasteiger partial charge >= 0.3 is 11.9 Å². The van der Waals surface area contributed by atoms with Gasteiger partial charge in [-0.05, 0) is 48.5 Å². The van der Waals surface area contributed by atoms with Crippen LogP contribution in [0.25, 0.3) is 0 Å². The van der Waals surface area contributed by atoms with E-state index in [4.69, 9.17) is 9.47 Å². The van der Waals surface area contributed by atoms with Crippen molar-refractivity contribution in [3.8, 4) is 0 Å². The molecule has 31 heavy (non-hydrogen) atoms. The van der Waals surface area contributed by atoms with Crippen LogP contribution in [-0.4, -0.2) is 52.9 Å². The van der Waals surface area contributed by atoms with Gasteiger partial charge in [0.2, 0.25) is 0 Å². The van der Waals surface area contributed by atoms with Crippen LogP contribution in [0.4, 0.5) is 0 Å². The Labute approximate surface area is 183 Å². The topological polar surface area (TPSA) is 110 Å². The summed E-state index contributed by atoms with van der Waals surface area (Å²) in [6, 6.07) is 0. The maximum atomic E-state index is 13.7. The number of esters is 2. The van der Waals surface area contributed by atoms with Gasteiger partial charge in [0.25, 0.3) is 0 Å². The summed E-state index contributed by atoms with van der Waals surface area (Å²) in [5, 5.41) is 22.3. The molecule has 0 radical (unpaired) electrons. The zero-order valence-electron chi connectivity index (χ0n) is 18.8. The molecule has 7 heteroatoms. The first-order valence-corrected chi connectivity index (χ1v) is 11.3. The van der Waals surface area contributed by atoms with Crippen LogP contribution < -0.4 is 0 Å². The summed E-state index contributed by atoms with van der Waals surface area (Å²) in [6.45, 7) is 11.1. The molecule has 1 spiro atoms. The van der Waals surface area contributed by atoms with Gasteiger partial charge in [-0.1, -0.05) is 26.8 Å². The maximum absolute atomic E-state index is 13.7. The first kappa shape index (κ1) is 22.5. The van der Waals surface area contributed by atoms with E-state index in [1.165, 1.54) is 13.8 Å². The van der Waals surface area contributed by atoms with E-state index in [9.17, 15) is 24.6 Å². The van der Waals surface area contributed by atoms with Crippen LogP contribution in [0.3, 0.4) is 0 Å². The summed E-state index contributed by atoms with van der Waals surface area (Å²) in [6.07, 6.45) is 0.509. The van der Waals surface area contributed by atoms with Crippen LogP contribution in [0.15, 0.2) is 12.2 Å². The standard InChI is InChI=1S/C24H34O7/c1-12-19-15(27)9-17-23(5)8-6-7-22(4,11-30-13(2)25)16(23)10-18(31-14(3)26)24(17,20(12)28)21(19)29/h15-19,21,27,29H,1,6-11H2,2-5H3/t15-,16+,17-,18+,19+,21?,22+,23+,24-/m0/s1. The number of aliphatic hydroxyl groups is 2. The number of aliphatic hydroxyl groups excluding tert-OH is 2. The van der Waals surface area contributed by atoms with Crippen molar-refractivity contribution >= 4 is 17.7 Å². The maximum Gasteiger partial charge on any atom is 0.302 e. The third-order valence-corrected chi connectivity index (χ3v) is 9.18. The number of hydrogen-bond donors (Lipinski definition) is 2. The molecule has 0 aromatic rings. The fourth-order valence-corrected chi connectivity index (χ4v) is 8.00. The van der Waals surface area contributed by atoms with Crippen LogP contribution in [-0.2, 0) is 23.9 Å². The van der Waals surface area contributed by atoms with Crippen molar-refractivity contribution in [3.05, 3.63) is 12.2 Å². The van der Waals surface area contributed by atoms with Crippen LogP contribution in [0.1, 0.15) is 59.8 Å². The van der Waals surface area contributed by atoms with E-state index >= 15 is 0 Å². The first-order valence-electron chi connectivity index (χ1n) is 11.3. The molecule has 0 heterocycles. The monoisotopic (exact) mass is 434 g/mol. The number of ether oxygens (including phenoxy) is 2. The zero-order chi connectivity index (χ0) is 22.9. The molecule has 0 saturated heterocycles. The minimum absolute atomic E-state index is 0.00862. The summed E-state index contributed by atoms with van der Waals surface area (Å²) >= 11 is 0. The van der Waals surface area contributed by atoms with Crippen LogP contribution in [0, 0.1) is 34.0 Å². The highest BCUT2D eigenvalue weighted by Crippen LogP contribution is 2.71. The Balaban J connectivity index is 1.85. The summed E-state index contributed by atoms with van der Waals surface area (Å²) in [5.41, 5.74) is -1.79. The normalized spacial score (nSPS) is 48.6. The SMILES string of the molecule is C=C1C(=O)[C@]23C(O)[C@H]1[C@@H](O)C[C@H]2[C@]1(C)CCC[C@](C)(COC(C)=O)[C@H]1C[C@H]3OC(C)=O. The van der Waals surface area contributed by atoms with Crippen molar-refractivity contribution in [2.24, 2.45) is 34.0 Å². The zero-order valence-corrected chi connectivity index (χ0v) is 18.8. The van der Waals surface area contributed by atoms with Crippen molar-refractivity contribution in [3.63, 3.8) is 0 Å². The average molecular weight is 435 g/mol. The third-order valence-electron chi connectivity index (χ3n) is 9.18. The molecule has 4 rings (SSSR count). The Bertz CT molecular complexity index is 836. The fourth-order valence-electron chi connectivity index (χ4n) is 8.00. The van der Waals surface area contributed by atoms with Crippen LogP contribution in [0.2, 0.25) is 0 Å². The molecule has 2 bridgehead atoms. The number of fused-ring (bicyclic) bond motifs is 3. The molecule has 4 fully saturated rings. The lowest BCUT2D eigenvalue weighted by atomic mass is 9.39. The molecule has 4 aliphatic rings. The second-order valence-corrected chi connectivity index (χ2v) is 10.8. The van der Waals surface area contributed by atoms with E-state index in [1.54, 1.807) is 0 Å². The quantitative estimate of drug-likeness (QED) is 0.517. The number of hydrogen-bond acceptors (Lipinski definition) is 7. The molecular weight excluding hydrogens is 400 g/mol. The fraction of sp³-hybridized carbons (Fsp3) is 0.792. The Kier molecular flexibility index (Phi) is 5.17. The molecule has 172 valence electrons. The Hall–Kier alpha value is -1.73. The van der Waals surface area contributed by atoms with Gasteiger partial charge in [-0.2, -0.15) is 0 Å². The third kappa shape index (κ3) is 2.88. The molecule has 0 aliphatic heterocycles. The van der Waals surface area contributed by atoms with Gasteiger partial charge in [-0.15, -0.1) is 0 Å². The molecular formula is C24H34O7. The minimum Gasteiger partial charge on any atom is -0.465 e. The number of ketones is 1. The second kappa shape index (κ2) is 7.14. The largest absolute Gasteiger partial charge is 0.465 e. The van der Waals surface area contributed by atoms with Crippen LogP contribution in [0.5, 0.6) is 0 Å². The number of Topliss-reactive ketones (excluding diaryl/α,β-unsaturated/α-hetero) is 1. The van der Waals surface area contributed by atoms with Gasteiger partial charge in [-0.25, -0.2) is 0 Å². The molecule has 4 saturated carbocycles. The molecule has 2 N–H and O–H groups in total. The molecule has 0 aromatic carbocycles. The number of carbonyl (C=O) groups is 3. The average Bonchev–Trinajstić information content (AvgIpc) is 2.80. The molecule has 4 aliphatic carbocycles. The summed E-state index contributed by atoms with van der Waals surface area (Å²) in [7, 11) is 0. The van der Waals surface area contributed by atoms with Crippen LogP contribution >= 0.6 is 0 Å². The van der Waals surface area contributed by atoms with Gasteiger partial charge in [0.1, 0.15) is 11.5 Å². The number of carbonyl (C=O) groups excluding carboxylic acids is 3. The van der Waals surface area contributed by atoms with Gasteiger partial charge in [-0.3, -0.25) is 14.4 Å². The van der Waals surface area contributed by atoms with Gasteiger partial charge in [0.15, 0.2) is 5.78 Å². The lowest BCUT2D eigenvalue weighted by Gasteiger charge is -2.66. The highest BCUT2D eigenvalue weighted by molar-refractivity contribution is 6.05. The summed E-state index contributed by atoms with van der Waals surface area (Å²) in [5.74, 6) is -2.22. The highest BCUT2D eigenvalue weighted by atomic mass is 16.5. The molecule has 7 nitrogen and oxygen atoms in total. The van der Waals surface area contributed by atoms with E-state index in [0.29, 0.717) is 12.8 Å².